The summed E-state index contributed by atoms with van der Waals surface area (Å²) in [5.41, 5.74) is 2.01. The fraction of sp³-hybridized carbons (Fsp3) is 0.333. The maximum atomic E-state index is 4.42. The van der Waals surface area contributed by atoms with E-state index in [1.54, 1.807) is 0 Å². The highest BCUT2D eigenvalue weighted by Gasteiger charge is 2.15. The second-order valence-corrected chi connectivity index (χ2v) is 3.66. The Morgan fingerprint density at radius 1 is 1.31 bits per heavy atom. The van der Waals surface area contributed by atoms with Crippen LogP contribution in [-0.4, -0.2) is 21.3 Å². The number of hydrogen-bond acceptors (Lipinski definition) is 3. The Morgan fingerprint density at radius 3 is 2.75 bits per heavy atom. The molecular weight excluding hydrogens is 200 g/mol. The standard InChI is InChI=1S/C12H16N4/c1-3-13-12(10-6-4-5-8-14-10)11-7-9-16(2)15-11/h4-9,12-13H,3H2,1-2H3. The molecule has 2 rings (SSSR count). The van der Waals surface area contributed by atoms with Crippen LogP contribution in [0, 0.1) is 0 Å². The van der Waals surface area contributed by atoms with Gasteiger partial charge in [0.15, 0.2) is 0 Å². The van der Waals surface area contributed by atoms with E-state index in [1.807, 2.05) is 48.4 Å². The van der Waals surface area contributed by atoms with E-state index in [1.165, 1.54) is 0 Å². The first-order valence-electron chi connectivity index (χ1n) is 5.45. The minimum Gasteiger partial charge on any atom is -0.304 e. The Bertz CT molecular complexity index is 435. The summed E-state index contributed by atoms with van der Waals surface area (Å²) in [5.74, 6) is 0. The van der Waals surface area contributed by atoms with Gasteiger partial charge in [0.05, 0.1) is 17.4 Å². The number of aromatic nitrogens is 3. The topological polar surface area (TPSA) is 42.7 Å². The van der Waals surface area contributed by atoms with Crippen LogP contribution in [0.4, 0.5) is 0 Å². The van der Waals surface area contributed by atoms with Crippen LogP contribution in [0.1, 0.15) is 24.4 Å². The van der Waals surface area contributed by atoms with Crippen LogP contribution in [0.15, 0.2) is 36.7 Å². The molecule has 0 bridgehead atoms. The lowest BCUT2D eigenvalue weighted by molar-refractivity contribution is 0.587. The van der Waals surface area contributed by atoms with E-state index in [0.717, 1.165) is 17.9 Å². The first-order chi connectivity index (χ1) is 7.81. The van der Waals surface area contributed by atoms with Crippen molar-refractivity contribution in [3.63, 3.8) is 0 Å². The van der Waals surface area contributed by atoms with Gasteiger partial charge in [-0.1, -0.05) is 13.0 Å². The van der Waals surface area contributed by atoms with E-state index in [9.17, 15) is 0 Å². The average Bonchev–Trinajstić information content (AvgIpc) is 2.74. The fourth-order valence-corrected chi connectivity index (χ4v) is 1.70. The van der Waals surface area contributed by atoms with Crippen molar-refractivity contribution in [3.05, 3.63) is 48.0 Å². The Kier molecular flexibility index (Phi) is 3.31. The van der Waals surface area contributed by atoms with Crippen molar-refractivity contribution in [3.8, 4) is 0 Å². The van der Waals surface area contributed by atoms with E-state index in [2.05, 4.69) is 22.3 Å². The van der Waals surface area contributed by atoms with Crippen LogP contribution >= 0.6 is 0 Å². The van der Waals surface area contributed by atoms with Crippen molar-refractivity contribution >= 4 is 0 Å². The second-order valence-electron chi connectivity index (χ2n) is 3.66. The van der Waals surface area contributed by atoms with Gasteiger partial charge in [-0.05, 0) is 24.7 Å². The molecule has 0 aromatic carbocycles. The van der Waals surface area contributed by atoms with Gasteiger partial charge in [0, 0.05) is 19.4 Å². The first kappa shape index (κ1) is 10.8. The van der Waals surface area contributed by atoms with Crippen molar-refractivity contribution in [2.75, 3.05) is 6.54 Å². The van der Waals surface area contributed by atoms with Crippen molar-refractivity contribution in [2.24, 2.45) is 7.05 Å². The lowest BCUT2D eigenvalue weighted by Gasteiger charge is -2.14. The molecule has 0 radical (unpaired) electrons. The van der Waals surface area contributed by atoms with Gasteiger partial charge in [-0.15, -0.1) is 0 Å². The van der Waals surface area contributed by atoms with E-state index in [-0.39, 0.29) is 6.04 Å². The molecule has 0 fully saturated rings. The normalized spacial score (nSPS) is 12.6. The highest BCUT2D eigenvalue weighted by atomic mass is 15.3. The summed E-state index contributed by atoms with van der Waals surface area (Å²) >= 11 is 0. The third-order valence-corrected chi connectivity index (χ3v) is 2.42. The monoisotopic (exact) mass is 216 g/mol. The Balaban J connectivity index is 2.31. The van der Waals surface area contributed by atoms with E-state index < -0.39 is 0 Å². The molecule has 1 atom stereocenters. The van der Waals surface area contributed by atoms with Gasteiger partial charge >= 0.3 is 0 Å². The zero-order valence-corrected chi connectivity index (χ0v) is 9.59. The van der Waals surface area contributed by atoms with E-state index >= 15 is 0 Å². The number of nitrogens with zero attached hydrogens (tertiary/aromatic N) is 3. The van der Waals surface area contributed by atoms with Gasteiger partial charge in [0.25, 0.3) is 0 Å². The van der Waals surface area contributed by atoms with Crippen LogP contribution in [0.3, 0.4) is 0 Å². The molecule has 84 valence electrons. The molecule has 2 heterocycles. The smallest absolute Gasteiger partial charge is 0.0943 e. The van der Waals surface area contributed by atoms with Crippen molar-refractivity contribution in [1.82, 2.24) is 20.1 Å². The summed E-state index contributed by atoms with van der Waals surface area (Å²) in [6.07, 6.45) is 3.76. The lowest BCUT2D eigenvalue weighted by atomic mass is 10.1. The maximum absolute atomic E-state index is 4.42. The summed E-state index contributed by atoms with van der Waals surface area (Å²) in [6, 6.07) is 8.03. The maximum Gasteiger partial charge on any atom is 0.0943 e. The average molecular weight is 216 g/mol. The quantitative estimate of drug-likeness (QED) is 0.842. The number of rotatable bonds is 4. The van der Waals surface area contributed by atoms with Gasteiger partial charge in [0.1, 0.15) is 0 Å². The predicted octanol–water partition coefficient (Wildman–Crippen LogP) is 1.51. The molecule has 0 amide bonds. The summed E-state index contributed by atoms with van der Waals surface area (Å²) < 4.78 is 1.81. The molecule has 0 aliphatic rings. The van der Waals surface area contributed by atoms with Gasteiger partial charge < -0.3 is 5.32 Å². The molecule has 1 N–H and O–H groups in total. The molecule has 2 aromatic rings. The number of aryl methyl sites for hydroxylation is 1. The first-order valence-corrected chi connectivity index (χ1v) is 5.45. The fourth-order valence-electron chi connectivity index (χ4n) is 1.70. The lowest BCUT2D eigenvalue weighted by Crippen LogP contribution is -2.23. The second kappa shape index (κ2) is 4.90. The van der Waals surface area contributed by atoms with Crippen LogP contribution in [0.25, 0.3) is 0 Å². The van der Waals surface area contributed by atoms with Crippen LogP contribution < -0.4 is 5.32 Å². The Morgan fingerprint density at radius 2 is 2.19 bits per heavy atom. The molecule has 0 spiro atoms. The summed E-state index contributed by atoms with van der Waals surface area (Å²) in [5, 5.41) is 7.81. The van der Waals surface area contributed by atoms with Crippen LogP contribution in [-0.2, 0) is 7.05 Å². The van der Waals surface area contributed by atoms with Crippen molar-refractivity contribution in [2.45, 2.75) is 13.0 Å². The molecule has 16 heavy (non-hydrogen) atoms. The molecular formula is C12H16N4. The largest absolute Gasteiger partial charge is 0.304 e. The summed E-state index contributed by atoms with van der Waals surface area (Å²) in [6.45, 7) is 2.97. The molecule has 1 unspecified atom stereocenters. The minimum atomic E-state index is 0.0763. The Labute approximate surface area is 95.3 Å². The van der Waals surface area contributed by atoms with Gasteiger partial charge in [-0.25, -0.2) is 0 Å². The van der Waals surface area contributed by atoms with Gasteiger partial charge in [0.2, 0.25) is 0 Å². The van der Waals surface area contributed by atoms with Gasteiger partial charge in [-0.2, -0.15) is 5.10 Å². The van der Waals surface area contributed by atoms with Crippen molar-refractivity contribution in [1.29, 1.82) is 0 Å². The number of nitrogens with one attached hydrogen (secondary N) is 1. The number of hydrogen-bond donors (Lipinski definition) is 1. The van der Waals surface area contributed by atoms with Gasteiger partial charge in [-0.3, -0.25) is 9.67 Å². The number of pyridine rings is 1. The predicted molar refractivity (Wildman–Crippen MR) is 63.0 cm³/mol. The zero-order chi connectivity index (χ0) is 11.4. The van der Waals surface area contributed by atoms with Crippen molar-refractivity contribution < 1.29 is 0 Å². The molecule has 0 saturated carbocycles. The third-order valence-electron chi connectivity index (χ3n) is 2.42. The molecule has 4 heteroatoms. The Hall–Kier alpha value is -1.68. The molecule has 4 nitrogen and oxygen atoms in total. The molecule has 0 saturated heterocycles. The molecule has 0 aliphatic heterocycles. The highest BCUT2D eigenvalue weighted by molar-refractivity contribution is 5.20. The SMILES string of the molecule is CCNC(c1ccccn1)c1ccn(C)n1. The third kappa shape index (κ3) is 2.28. The summed E-state index contributed by atoms with van der Waals surface area (Å²) in [7, 11) is 1.92. The van der Waals surface area contributed by atoms with E-state index in [0.29, 0.717) is 0 Å². The minimum absolute atomic E-state index is 0.0763. The zero-order valence-electron chi connectivity index (χ0n) is 9.59. The molecule has 0 aliphatic carbocycles. The summed E-state index contributed by atoms with van der Waals surface area (Å²) in [4.78, 5) is 4.37. The highest BCUT2D eigenvalue weighted by Crippen LogP contribution is 2.17. The van der Waals surface area contributed by atoms with Crippen LogP contribution in [0.5, 0.6) is 0 Å². The molecule has 2 aromatic heterocycles. The van der Waals surface area contributed by atoms with E-state index in [4.69, 9.17) is 0 Å². The van der Waals surface area contributed by atoms with Crippen LogP contribution in [0.2, 0.25) is 0 Å².